The molecular weight excluding hydrogens is 476 g/mol. The Morgan fingerprint density at radius 3 is 2.68 bits per heavy atom. The summed E-state index contributed by atoms with van der Waals surface area (Å²) in [5.41, 5.74) is 2.58. The minimum Gasteiger partial charge on any atom is -0.457 e. The Morgan fingerprint density at radius 2 is 1.90 bits per heavy atom. The molecule has 1 atom stereocenters. The fourth-order valence-electron chi connectivity index (χ4n) is 4.01. The van der Waals surface area contributed by atoms with E-state index in [2.05, 4.69) is 38.3 Å². The predicted molar refractivity (Wildman–Crippen MR) is 127 cm³/mol. The summed E-state index contributed by atoms with van der Waals surface area (Å²) in [6, 6.07) is 19.7. The van der Waals surface area contributed by atoms with E-state index in [1.807, 2.05) is 53.9 Å². The van der Waals surface area contributed by atoms with Gasteiger partial charge in [-0.05, 0) is 41.3 Å². The fourth-order valence-corrected chi connectivity index (χ4v) is 5.05. The molecule has 0 bridgehead atoms. The number of amides is 1. The van der Waals surface area contributed by atoms with Crippen molar-refractivity contribution < 1.29 is 13.9 Å². The van der Waals surface area contributed by atoms with Gasteiger partial charge in [0.1, 0.15) is 11.3 Å². The van der Waals surface area contributed by atoms with Crippen LogP contribution in [-0.2, 0) is 4.74 Å². The van der Waals surface area contributed by atoms with Gasteiger partial charge in [-0.25, -0.2) is 0 Å². The highest BCUT2D eigenvalue weighted by Gasteiger charge is 2.31. The highest BCUT2D eigenvalue weighted by molar-refractivity contribution is 9.10. The van der Waals surface area contributed by atoms with Gasteiger partial charge in [0.15, 0.2) is 0 Å². The number of hydrogen-bond acceptors (Lipinski definition) is 5. The molecule has 3 heterocycles. The molecule has 1 fully saturated rings. The highest BCUT2D eigenvalue weighted by atomic mass is 79.9. The van der Waals surface area contributed by atoms with Crippen molar-refractivity contribution in [2.24, 2.45) is 0 Å². The van der Waals surface area contributed by atoms with Gasteiger partial charge in [-0.15, -0.1) is 11.3 Å². The van der Waals surface area contributed by atoms with Crippen molar-refractivity contribution in [1.29, 1.82) is 0 Å². The van der Waals surface area contributed by atoms with Crippen LogP contribution in [-0.4, -0.2) is 37.1 Å². The minimum absolute atomic E-state index is 0.127. The Hall–Kier alpha value is -2.45. The van der Waals surface area contributed by atoms with E-state index in [4.69, 9.17) is 9.15 Å². The first-order chi connectivity index (χ1) is 15.2. The van der Waals surface area contributed by atoms with Gasteiger partial charge in [0.05, 0.1) is 29.8 Å². The second-order valence-corrected chi connectivity index (χ2v) is 9.24. The lowest BCUT2D eigenvalue weighted by atomic mass is 10.0. The van der Waals surface area contributed by atoms with Crippen LogP contribution < -0.4 is 5.32 Å². The van der Waals surface area contributed by atoms with Crippen molar-refractivity contribution in [2.75, 3.05) is 31.6 Å². The number of nitrogens with one attached hydrogen (secondary N) is 1. The van der Waals surface area contributed by atoms with E-state index in [0.29, 0.717) is 18.1 Å². The van der Waals surface area contributed by atoms with Crippen LogP contribution in [0.25, 0.3) is 11.0 Å². The summed E-state index contributed by atoms with van der Waals surface area (Å²) in [6.07, 6.45) is 0. The second kappa shape index (κ2) is 8.96. The molecule has 1 aliphatic rings. The number of rotatable bonds is 5. The van der Waals surface area contributed by atoms with Crippen LogP contribution in [0.4, 0.5) is 5.69 Å². The van der Waals surface area contributed by atoms with Crippen molar-refractivity contribution in [1.82, 2.24) is 4.90 Å². The monoisotopic (exact) mass is 496 g/mol. The molecule has 1 aliphatic heterocycles. The summed E-state index contributed by atoms with van der Waals surface area (Å²) < 4.78 is 13.0. The Balaban J connectivity index is 1.65. The van der Waals surface area contributed by atoms with Crippen molar-refractivity contribution in [3.8, 4) is 0 Å². The van der Waals surface area contributed by atoms with Crippen LogP contribution in [0, 0.1) is 0 Å². The zero-order valence-corrected chi connectivity index (χ0v) is 19.1. The van der Waals surface area contributed by atoms with E-state index in [1.54, 1.807) is 0 Å². The third kappa shape index (κ3) is 4.19. The van der Waals surface area contributed by atoms with Gasteiger partial charge in [0.2, 0.25) is 0 Å². The number of thiophene rings is 1. The van der Waals surface area contributed by atoms with Crippen LogP contribution in [0.3, 0.4) is 0 Å². The third-order valence-corrected chi connectivity index (χ3v) is 6.79. The molecule has 2 aromatic carbocycles. The smallest absolute Gasteiger partial charge is 0.265 e. The summed E-state index contributed by atoms with van der Waals surface area (Å²) in [7, 11) is 0. The number of furan rings is 1. The first-order valence-corrected chi connectivity index (χ1v) is 11.8. The lowest BCUT2D eigenvalue weighted by molar-refractivity contribution is 0.0206. The van der Waals surface area contributed by atoms with Gasteiger partial charge in [-0.3, -0.25) is 9.69 Å². The van der Waals surface area contributed by atoms with Crippen molar-refractivity contribution in [3.05, 3.63) is 86.7 Å². The van der Waals surface area contributed by atoms with Crippen LogP contribution in [0.5, 0.6) is 0 Å². The van der Waals surface area contributed by atoms with Gasteiger partial charge in [0, 0.05) is 22.9 Å². The van der Waals surface area contributed by atoms with Gasteiger partial charge in [-0.1, -0.05) is 46.3 Å². The molecule has 0 aliphatic carbocycles. The molecule has 1 unspecified atom stereocenters. The molecule has 5 rings (SSSR count). The largest absolute Gasteiger partial charge is 0.457 e. The maximum atomic E-state index is 13.0. The van der Waals surface area contributed by atoms with E-state index in [9.17, 15) is 4.79 Å². The highest BCUT2D eigenvalue weighted by Crippen LogP contribution is 2.41. The lowest BCUT2D eigenvalue weighted by Crippen LogP contribution is -2.39. The van der Waals surface area contributed by atoms with Crippen LogP contribution in [0.1, 0.15) is 27.0 Å². The SMILES string of the molecule is O=C(Nc1c(C(c2cccc(Br)c2)N2CCOCC2)oc2ccccc12)c1cccs1. The summed E-state index contributed by atoms with van der Waals surface area (Å²) >= 11 is 5.03. The molecule has 5 nitrogen and oxygen atoms in total. The van der Waals surface area contributed by atoms with E-state index in [-0.39, 0.29) is 11.9 Å². The second-order valence-electron chi connectivity index (χ2n) is 7.37. The summed E-state index contributed by atoms with van der Waals surface area (Å²) in [4.78, 5) is 16.0. The van der Waals surface area contributed by atoms with E-state index in [0.717, 1.165) is 45.5 Å². The average Bonchev–Trinajstić information content (AvgIpc) is 3.44. The average molecular weight is 497 g/mol. The number of para-hydroxylation sites is 1. The van der Waals surface area contributed by atoms with Gasteiger partial charge >= 0.3 is 0 Å². The number of nitrogens with zero attached hydrogens (tertiary/aromatic N) is 1. The Labute approximate surface area is 192 Å². The van der Waals surface area contributed by atoms with E-state index < -0.39 is 0 Å². The molecule has 0 spiro atoms. The molecule has 1 amide bonds. The molecule has 1 N–H and O–H groups in total. The summed E-state index contributed by atoms with van der Waals surface area (Å²) in [5.74, 6) is 0.615. The molecule has 2 aromatic heterocycles. The normalized spacial score (nSPS) is 15.8. The van der Waals surface area contributed by atoms with Crippen LogP contribution in [0.2, 0.25) is 0 Å². The fraction of sp³-hybridized carbons (Fsp3) is 0.208. The van der Waals surface area contributed by atoms with E-state index in [1.165, 1.54) is 11.3 Å². The van der Waals surface area contributed by atoms with Gasteiger partial charge < -0.3 is 14.5 Å². The molecule has 7 heteroatoms. The third-order valence-electron chi connectivity index (χ3n) is 5.43. The number of hydrogen-bond donors (Lipinski definition) is 1. The Bertz CT molecular complexity index is 1200. The standard InChI is InChI=1S/C24H21BrN2O3S/c25-17-6-3-5-16(15-17)22(27-10-12-29-13-11-27)23-21(18-7-1-2-8-19(18)30-23)26-24(28)20-9-4-14-31-20/h1-9,14-15,22H,10-13H2,(H,26,28). The molecule has 1 saturated heterocycles. The zero-order valence-electron chi connectivity index (χ0n) is 16.7. The summed E-state index contributed by atoms with van der Waals surface area (Å²) in [6.45, 7) is 2.91. The first-order valence-electron chi connectivity index (χ1n) is 10.1. The maximum absolute atomic E-state index is 13.0. The Kier molecular flexibility index (Phi) is 5.91. The summed E-state index contributed by atoms with van der Waals surface area (Å²) in [5, 5.41) is 5.95. The first kappa shape index (κ1) is 20.5. The van der Waals surface area contributed by atoms with Gasteiger partial charge in [-0.2, -0.15) is 0 Å². The molecule has 0 saturated carbocycles. The van der Waals surface area contributed by atoms with Crippen LogP contribution >= 0.6 is 27.3 Å². The van der Waals surface area contributed by atoms with Crippen molar-refractivity contribution >= 4 is 49.8 Å². The van der Waals surface area contributed by atoms with E-state index >= 15 is 0 Å². The van der Waals surface area contributed by atoms with Gasteiger partial charge in [0.25, 0.3) is 5.91 Å². The molecule has 158 valence electrons. The number of benzene rings is 2. The number of halogens is 1. The minimum atomic E-state index is -0.146. The number of ether oxygens (including phenoxy) is 1. The molecular formula is C24H21BrN2O3S. The molecule has 4 aromatic rings. The predicted octanol–water partition coefficient (Wildman–Crippen LogP) is 5.93. The quantitative estimate of drug-likeness (QED) is 0.371. The number of carbonyl (C=O) groups is 1. The number of carbonyl (C=O) groups excluding carboxylic acids is 1. The molecule has 31 heavy (non-hydrogen) atoms. The number of fused-ring (bicyclic) bond motifs is 1. The topological polar surface area (TPSA) is 54.7 Å². The zero-order chi connectivity index (χ0) is 21.2. The number of morpholine rings is 1. The van der Waals surface area contributed by atoms with Crippen LogP contribution in [0.15, 0.2) is 74.9 Å². The molecule has 0 radical (unpaired) electrons. The van der Waals surface area contributed by atoms with Crippen molar-refractivity contribution in [3.63, 3.8) is 0 Å². The maximum Gasteiger partial charge on any atom is 0.265 e. The lowest BCUT2D eigenvalue weighted by Gasteiger charge is -2.34. The Morgan fingerprint density at radius 1 is 1.06 bits per heavy atom. The van der Waals surface area contributed by atoms with Crippen molar-refractivity contribution in [2.45, 2.75) is 6.04 Å². The number of anilines is 1.